The van der Waals surface area contributed by atoms with Crippen LogP contribution in [0.1, 0.15) is 118 Å². The molecule has 0 amide bonds. The van der Waals surface area contributed by atoms with Crippen LogP contribution < -0.4 is 0 Å². The highest BCUT2D eigenvalue weighted by atomic mass is 15.4. The third-order valence-electron chi connectivity index (χ3n) is 5.59. The van der Waals surface area contributed by atoms with E-state index < -0.39 is 0 Å². The molecule has 0 radical (unpaired) electrons. The normalized spacial score (nSPS) is 17.2. The summed E-state index contributed by atoms with van der Waals surface area (Å²) in [6, 6.07) is 0.612. The predicted octanol–water partition coefficient (Wildman–Crippen LogP) is 7.31. The molecular weight excluding hydrogens is 304 g/mol. The summed E-state index contributed by atoms with van der Waals surface area (Å²) in [5, 5.41) is 0. The van der Waals surface area contributed by atoms with E-state index in [1.54, 1.807) is 0 Å². The molecule has 0 aromatic carbocycles. The molecule has 1 aliphatic rings. The highest BCUT2D eigenvalue weighted by Gasteiger charge is 2.26. The van der Waals surface area contributed by atoms with Crippen molar-refractivity contribution in [3.63, 3.8) is 0 Å². The van der Waals surface area contributed by atoms with Gasteiger partial charge in [-0.3, -0.25) is 0 Å². The Labute approximate surface area is 159 Å². The Morgan fingerprint density at radius 2 is 1.20 bits per heavy atom. The molecule has 1 unspecified atom stereocenters. The van der Waals surface area contributed by atoms with Gasteiger partial charge in [-0.05, 0) is 33.1 Å². The van der Waals surface area contributed by atoms with E-state index in [0.717, 1.165) is 0 Å². The quantitative estimate of drug-likeness (QED) is 0.269. The zero-order valence-corrected chi connectivity index (χ0v) is 17.8. The summed E-state index contributed by atoms with van der Waals surface area (Å²) in [6.45, 7) is 10.5. The molecule has 0 fully saturated rings. The second-order valence-corrected chi connectivity index (χ2v) is 8.24. The lowest BCUT2D eigenvalue weighted by atomic mass is 10.1. The van der Waals surface area contributed by atoms with E-state index in [-0.39, 0.29) is 0 Å². The Morgan fingerprint density at radius 3 is 1.76 bits per heavy atom. The molecule has 1 aliphatic heterocycles. The van der Waals surface area contributed by atoms with Crippen molar-refractivity contribution in [2.45, 2.75) is 130 Å². The van der Waals surface area contributed by atoms with E-state index in [9.17, 15) is 0 Å². The Bertz CT molecular complexity index is 324. The Balaban J connectivity index is 2.17. The molecule has 2 nitrogen and oxygen atoms in total. The van der Waals surface area contributed by atoms with Crippen molar-refractivity contribution in [3.05, 3.63) is 12.4 Å². The molecule has 1 heterocycles. The summed E-state index contributed by atoms with van der Waals surface area (Å²) in [6.07, 6.45) is 24.9. The number of hydrogen-bond donors (Lipinski definition) is 0. The van der Waals surface area contributed by atoms with Crippen molar-refractivity contribution in [1.82, 2.24) is 9.80 Å². The largest absolute Gasteiger partial charge is 0.356 e. The molecule has 0 N–H and O–H groups in total. The molecule has 0 spiro atoms. The van der Waals surface area contributed by atoms with Crippen LogP contribution in [0.2, 0.25) is 0 Å². The zero-order valence-electron chi connectivity index (χ0n) is 17.8. The topological polar surface area (TPSA) is 6.48 Å². The van der Waals surface area contributed by atoms with Crippen molar-refractivity contribution < 1.29 is 0 Å². The lowest BCUT2D eigenvalue weighted by Gasteiger charge is -2.35. The third kappa shape index (κ3) is 9.56. The molecule has 0 aromatic heterocycles. The third-order valence-corrected chi connectivity index (χ3v) is 5.59. The summed E-state index contributed by atoms with van der Waals surface area (Å²) in [7, 11) is 0. The molecule has 25 heavy (non-hydrogen) atoms. The molecular formula is C23H46N2. The second kappa shape index (κ2) is 14.5. The molecule has 0 bridgehead atoms. The van der Waals surface area contributed by atoms with Crippen molar-refractivity contribution >= 4 is 0 Å². The van der Waals surface area contributed by atoms with Crippen LogP contribution in [0.5, 0.6) is 0 Å². The first-order valence-electron chi connectivity index (χ1n) is 11.4. The summed E-state index contributed by atoms with van der Waals surface area (Å²) < 4.78 is 0. The maximum atomic E-state index is 2.62. The van der Waals surface area contributed by atoms with Crippen molar-refractivity contribution in [2.24, 2.45) is 0 Å². The number of rotatable bonds is 16. The first kappa shape index (κ1) is 22.4. The highest BCUT2D eigenvalue weighted by molar-refractivity contribution is 4.98. The van der Waals surface area contributed by atoms with Crippen LogP contribution in [0, 0.1) is 0 Å². The van der Waals surface area contributed by atoms with Crippen molar-refractivity contribution in [3.8, 4) is 0 Å². The van der Waals surface area contributed by atoms with E-state index in [0.29, 0.717) is 12.2 Å². The summed E-state index contributed by atoms with van der Waals surface area (Å²) in [4.78, 5) is 5.19. The fourth-order valence-electron chi connectivity index (χ4n) is 3.95. The van der Waals surface area contributed by atoms with Gasteiger partial charge in [0.2, 0.25) is 0 Å². The van der Waals surface area contributed by atoms with E-state index in [1.165, 1.54) is 96.4 Å². The SMILES string of the molecule is CCCCCCCCCCCN1C=CN(C(C)C)C1CCCCCC. The van der Waals surface area contributed by atoms with E-state index in [1.807, 2.05) is 0 Å². The molecule has 148 valence electrons. The van der Waals surface area contributed by atoms with Gasteiger partial charge in [-0.2, -0.15) is 0 Å². The van der Waals surface area contributed by atoms with Crippen LogP contribution in [-0.4, -0.2) is 28.6 Å². The van der Waals surface area contributed by atoms with E-state index in [4.69, 9.17) is 0 Å². The van der Waals surface area contributed by atoms with Gasteiger partial charge in [-0.15, -0.1) is 0 Å². The number of nitrogens with zero attached hydrogens (tertiary/aromatic N) is 2. The Morgan fingerprint density at radius 1 is 0.680 bits per heavy atom. The van der Waals surface area contributed by atoms with Crippen LogP contribution >= 0.6 is 0 Å². The first-order chi connectivity index (χ1) is 12.2. The Kier molecular flexibility index (Phi) is 13.0. The van der Waals surface area contributed by atoms with Crippen LogP contribution in [0.15, 0.2) is 12.4 Å². The minimum Gasteiger partial charge on any atom is -0.356 e. The lowest BCUT2D eigenvalue weighted by molar-refractivity contribution is 0.114. The zero-order chi connectivity index (χ0) is 18.3. The smallest absolute Gasteiger partial charge is 0.101 e. The molecule has 0 aromatic rings. The second-order valence-electron chi connectivity index (χ2n) is 8.24. The fourth-order valence-corrected chi connectivity index (χ4v) is 3.95. The predicted molar refractivity (Wildman–Crippen MR) is 113 cm³/mol. The average molecular weight is 351 g/mol. The molecule has 0 saturated heterocycles. The van der Waals surface area contributed by atoms with Gasteiger partial charge in [0.25, 0.3) is 0 Å². The lowest BCUT2D eigenvalue weighted by Crippen LogP contribution is -2.42. The molecule has 0 saturated carbocycles. The molecule has 1 atom stereocenters. The maximum Gasteiger partial charge on any atom is 0.101 e. The van der Waals surface area contributed by atoms with Gasteiger partial charge in [0.05, 0.1) is 0 Å². The van der Waals surface area contributed by atoms with Crippen molar-refractivity contribution in [1.29, 1.82) is 0 Å². The molecule has 2 heteroatoms. The van der Waals surface area contributed by atoms with Crippen LogP contribution in [-0.2, 0) is 0 Å². The molecule has 1 rings (SSSR count). The fraction of sp³-hybridized carbons (Fsp3) is 0.913. The monoisotopic (exact) mass is 350 g/mol. The van der Waals surface area contributed by atoms with Gasteiger partial charge < -0.3 is 9.80 Å². The minimum atomic E-state index is 0.612. The number of unbranched alkanes of at least 4 members (excludes halogenated alkanes) is 11. The van der Waals surface area contributed by atoms with Gasteiger partial charge in [-0.1, -0.05) is 84.5 Å². The molecule has 0 aliphatic carbocycles. The minimum absolute atomic E-state index is 0.612. The van der Waals surface area contributed by atoms with Gasteiger partial charge in [0.1, 0.15) is 6.17 Å². The van der Waals surface area contributed by atoms with Crippen LogP contribution in [0.25, 0.3) is 0 Å². The summed E-state index contributed by atoms with van der Waals surface area (Å²) in [5.74, 6) is 0. The van der Waals surface area contributed by atoms with Gasteiger partial charge in [0, 0.05) is 25.0 Å². The maximum absolute atomic E-state index is 2.62. The summed E-state index contributed by atoms with van der Waals surface area (Å²) in [5.41, 5.74) is 0. The van der Waals surface area contributed by atoms with E-state index >= 15 is 0 Å². The van der Waals surface area contributed by atoms with Crippen molar-refractivity contribution in [2.75, 3.05) is 6.54 Å². The van der Waals surface area contributed by atoms with Crippen LogP contribution in [0.3, 0.4) is 0 Å². The van der Waals surface area contributed by atoms with E-state index in [2.05, 4.69) is 49.9 Å². The number of hydrogen-bond acceptors (Lipinski definition) is 2. The average Bonchev–Trinajstić information content (AvgIpc) is 3.00. The first-order valence-corrected chi connectivity index (χ1v) is 11.4. The van der Waals surface area contributed by atoms with Gasteiger partial charge in [-0.25, -0.2) is 0 Å². The van der Waals surface area contributed by atoms with Gasteiger partial charge in [0.15, 0.2) is 0 Å². The summed E-state index contributed by atoms with van der Waals surface area (Å²) >= 11 is 0. The highest BCUT2D eigenvalue weighted by Crippen LogP contribution is 2.24. The standard InChI is InChI=1S/C23H46N2/c1-5-7-9-11-12-13-14-15-17-19-24-20-21-25(22(3)4)23(24)18-16-10-8-6-2/h20-23H,5-19H2,1-4H3. The Hall–Kier alpha value is -0.660. The van der Waals surface area contributed by atoms with Gasteiger partial charge >= 0.3 is 0 Å². The van der Waals surface area contributed by atoms with Crippen LogP contribution in [0.4, 0.5) is 0 Å².